The molecule has 0 atom stereocenters. The number of hydrogen-bond donors (Lipinski definition) is 2. The summed E-state index contributed by atoms with van der Waals surface area (Å²) in [7, 11) is 0. The molecule has 0 aliphatic carbocycles. The third kappa shape index (κ3) is 3.85. The topological polar surface area (TPSA) is 62.5 Å². The van der Waals surface area contributed by atoms with Gasteiger partial charge in [-0.05, 0) is 30.3 Å². The van der Waals surface area contributed by atoms with Gasteiger partial charge in [0.15, 0.2) is 0 Å². The number of thioether (sulfide) groups is 1. The molecule has 5 heteroatoms. The number of hydrogen-bond acceptors (Lipinski definition) is 4. The molecule has 0 saturated carbocycles. The number of carbonyl (C=O) groups is 1. The molecule has 4 nitrogen and oxygen atoms in total. The van der Waals surface area contributed by atoms with E-state index >= 15 is 0 Å². The van der Waals surface area contributed by atoms with Crippen LogP contribution in [0.3, 0.4) is 0 Å². The van der Waals surface area contributed by atoms with E-state index in [0.29, 0.717) is 12.3 Å². The van der Waals surface area contributed by atoms with Gasteiger partial charge in [-0.3, -0.25) is 4.79 Å². The van der Waals surface area contributed by atoms with Gasteiger partial charge < -0.3 is 14.8 Å². The zero-order valence-electron chi connectivity index (χ0n) is 9.63. The van der Waals surface area contributed by atoms with Crippen LogP contribution in [0.4, 0.5) is 0 Å². The summed E-state index contributed by atoms with van der Waals surface area (Å²) in [5.74, 6) is 1.17. The number of carbonyl (C=O) groups excluding carboxylic acids is 1. The van der Waals surface area contributed by atoms with Gasteiger partial charge in [-0.15, -0.1) is 11.8 Å². The van der Waals surface area contributed by atoms with Crippen molar-refractivity contribution < 1.29 is 14.3 Å². The molecule has 1 aromatic heterocycles. The van der Waals surface area contributed by atoms with E-state index in [9.17, 15) is 9.90 Å². The van der Waals surface area contributed by atoms with E-state index in [1.54, 1.807) is 30.5 Å². The van der Waals surface area contributed by atoms with Crippen molar-refractivity contribution in [3.8, 4) is 5.75 Å². The van der Waals surface area contributed by atoms with Crippen LogP contribution in [0.5, 0.6) is 5.75 Å². The summed E-state index contributed by atoms with van der Waals surface area (Å²) in [6.07, 6.45) is 1.57. The minimum atomic E-state index is -0.0697. The van der Waals surface area contributed by atoms with Crippen molar-refractivity contribution in [1.29, 1.82) is 0 Å². The largest absolute Gasteiger partial charge is 0.508 e. The Morgan fingerprint density at radius 3 is 2.94 bits per heavy atom. The van der Waals surface area contributed by atoms with Gasteiger partial charge in [0, 0.05) is 4.90 Å². The summed E-state index contributed by atoms with van der Waals surface area (Å²) in [5.41, 5.74) is 0. The summed E-state index contributed by atoms with van der Waals surface area (Å²) in [6, 6.07) is 10.4. The predicted molar refractivity (Wildman–Crippen MR) is 69.4 cm³/mol. The van der Waals surface area contributed by atoms with Crippen LogP contribution in [0.25, 0.3) is 0 Å². The molecule has 0 aliphatic rings. The van der Waals surface area contributed by atoms with Gasteiger partial charge in [0.2, 0.25) is 5.91 Å². The summed E-state index contributed by atoms with van der Waals surface area (Å²) >= 11 is 1.38. The fourth-order valence-electron chi connectivity index (χ4n) is 1.37. The average Bonchev–Trinajstić information content (AvgIpc) is 2.87. The van der Waals surface area contributed by atoms with Crippen LogP contribution in [-0.2, 0) is 11.3 Å². The maximum absolute atomic E-state index is 11.6. The van der Waals surface area contributed by atoms with Crippen molar-refractivity contribution in [3.05, 3.63) is 48.4 Å². The first-order valence-electron chi connectivity index (χ1n) is 5.45. The molecule has 1 amide bonds. The van der Waals surface area contributed by atoms with Gasteiger partial charge in [0.05, 0.1) is 18.6 Å². The van der Waals surface area contributed by atoms with Gasteiger partial charge in [-0.2, -0.15) is 0 Å². The van der Waals surface area contributed by atoms with Gasteiger partial charge in [0.1, 0.15) is 11.5 Å². The lowest BCUT2D eigenvalue weighted by atomic mass is 10.3. The first-order chi connectivity index (χ1) is 8.74. The van der Waals surface area contributed by atoms with Crippen molar-refractivity contribution in [3.63, 3.8) is 0 Å². The minimum absolute atomic E-state index is 0.0697. The Labute approximate surface area is 109 Å². The highest BCUT2D eigenvalue weighted by Gasteiger charge is 2.04. The first kappa shape index (κ1) is 12.6. The van der Waals surface area contributed by atoms with E-state index in [0.717, 1.165) is 10.7 Å². The van der Waals surface area contributed by atoms with Crippen molar-refractivity contribution >= 4 is 17.7 Å². The Balaban J connectivity index is 1.75. The minimum Gasteiger partial charge on any atom is -0.508 e. The van der Waals surface area contributed by atoms with E-state index in [-0.39, 0.29) is 11.7 Å². The van der Waals surface area contributed by atoms with Crippen molar-refractivity contribution in [2.45, 2.75) is 11.4 Å². The molecule has 0 bridgehead atoms. The monoisotopic (exact) mass is 263 g/mol. The molecule has 94 valence electrons. The van der Waals surface area contributed by atoms with Gasteiger partial charge in [-0.1, -0.05) is 6.07 Å². The highest BCUT2D eigenvalue weighted by atomic mass is 32.2. The fourth-order valence-corrected chi connectivity index (χ4v) is 2.15. The smallest absolute Gasteiger partial charge is 0.230 e. The fraction of sp³-hybridized carbons (Fsp3) is 0.154. The molecule has 18 heavy (non-hydrogen) atoms. The summed E-state index contributed by atoms with van der Waals surface area (Å²) in [5, 5.41) is 12.0. The normalized spacial score (nSPS) is 10.2. The lowest BCUT2D eigenvalue weighted by Crippen LogP contribution is -2.24. The van der Waals surface area contributed by atoms with E-state index in [1.807, 2.05) is 12.1 Å². The quantitative estimate of drug-likeness (QED) is 0.813. The Morgan fingerprint density at radius 1 is 1.33 bits per heavy atom. The Bertz CT molecular complexity index is 511. The molecular formula is C13H13NO3S. The summed E-state index contributed by atoms with van der Waals surface area (Å²) < 4.78 is 5.11. The molecule has 2 N–H and O–H groups in total. The second kappa shape index (κ2) is 6.16. The third-order valence-corrected chi connectivity index (χ3v) is 3.22. The molecule has 0 unspecified atom stereocenters. The van der Waals surface area contributed by atoms with Gasteiger partial charge >= 0.3 is 0 Å². The number of furan rings is 1. The molecular weight excluding hydrogens is 250 g/mol. The van der Waals surface area contributed by atoms with Crippen LogP contribution in [-0.4, -0.2) is 16.8 Å². The SMILES string of the molecule is O=C(CSc1cccc(O)c1)NCc1ccco1. The highest BCUT2D eigenvalue weighted by molar-refractivity contribution is 8.00. The molecule has 2 rings (SSSR count). The second-order valence-electron chi connectivity index (χ2n) is 3.64. The highest BCUT2D eigenvalue weighted by Crippen LogP contribution is 2.21. The molecule has 2 aromatic rings. The third-order valence-electron chi connectivity index (χ3n) is 2.23. The van der Waals surface area contributed by atoms with Crippen LogP contribution < -0.4 is 5.32 Å². The number of phenolic OH excluding ortho intramolecular Hbond substituents is 1. The summed E-state index contributed by atoms with van der Waals surface area (Å²) in [6.45, 7) is 0.395. The summed E-state index contributed by atoms with van der Waals surface area (Å²) in [4.78, 5) is 12.4. The zero-order valence-corrected chi connectivity index (χ0v) is 10.4. The Kier molecular flexibility index (Phi) is 4.30. The molecule has 1 heterocycles. The van der Waals surface area contributed by atoms with Gasteiger partial charge in [0.25, 0.3) is 0 Å². The second-order valence-corrected chi connectivity index (χ2v) is 4.69. The van der Waals surface area contributed by atoms with Crippen molar-refractivity contribution in [2.24, 2.45) is 0 Å². The van der Waals surface area contributed by atoms with E-state index < -0.39 is 0 Å². The maximum Gasteiger partial charge on any atom is 0.230 e. The molecule has 0 radical (unpaired) electrons. The van der Waals surface area contributed by atoms with E-state index in [2.05, 4.69) is 5.32 Å². The molecule has 0 spiro atoms. The Hall–Kier alpha value is -1.88. The lowest BCUT2D eigenvalue weighted by Gasteiger charge is -2.03. The Morgan fingerprint density at radius 2 is 2.22 bits per heavy atom. The molecule has 0 fully saturated rings. The van der Waals surface area contributed by atoms with Crippen LogP contribution in [0.15, 0.2) is 52.0 Å². The van der Waals surface area contributed by atoms with Crippen molar-refractivity contribution in [1.82, 2.24) is 5.32 Å². The van der Waals surface area contributed by atoms with E-state index in [4.69, 9.17) is 4.42 Å². The van der Waals surface area contributed by atoms with E-state index in [1.165, 1.54) is 11.8 Å². The number of amides is 1. The van der Waals surface area contributed by atoms with Crippen LogP contribution >= 0.6 is 11.8 Å². The van der Waals surface area contributed by atoms with Crippen LogP contribution in [0, 0.1) is 0 Å². The molecule has 0 aliphatic heterocycles. The lowest BCUT2D eigenvalue weighted by molar-refractivity contribution is -0.118. The zero-order chi connectivity index (χ0) is 12.8. The maximum atomic E-state index is 11.6. The number of phenols is 1. The van der Waals surface area contributed by atoms with Crippen molar-refractivity contribution in [2.75, 3.05) is 5.75 Å². The first-order valence-corrected chi connectivity index (χ1v) is 6.43. The average molecular weight is 263 g/mol. The van der Waals surface area contributed by atoms with Gasteiger partial charge in [-0.25, -0.2) is 0 Å². The van der Waals surface area contributed by atoms with Crippen LogP contribution in [0.2, 0.25) is 0 Å². The molecule has 0 saturated heterocycles. The number of rotatable bonds is 5. The van der Waals surface area contributed by atoms with Crippen LogP contribution in [0.1, 0.15) is 5.76 Å². The predicted octanol–water partition coefficient (Wildman–Crippen LogP) is 2.39. The number of aromatic hydroxyl groups is 1. The number of benzene rings is 1. The number of nitrogens with one attached hydrogen (secondary N) is 1. The molecule has 1 aromatic carbocycles. The standard InChI is InChI=1S/C13H13NO3S/c15-10-3-1-5-12(7-10)18-9-13(16)14-8-11-4-2-6-17-11/h1-7,15H,8-9H2,(H,14,16).